The zero-order chi connectivity index (χ0) is 16.7. The Morgan fingerprint density at radius 3 is 2.39 bits per heavy atom. The molecular weight excluding hydrogens is 312 g/mol. The Hall–Kier alpha value is -2.05. The molecule has 0 saturated carbocycles. The summed E-state index contributed by atoms with van der Waals surface area (Å²) in [6.45, 7) is 3.19. The minimum Gasteiger partial charge on any atom is -0.492 e. The van der Waals surface area contributed by atoms with Crippen LogP contribution >= 0.6 is 0 Å². The highest BCUT2D eigenvalue weighted by Gasteiger charge is 2.12. The van der Waals surface area contributed by atoms with E-state index in [4.69, 9.17) is 4.74 Å². The normalized spacial score (nSPS) is 12.6. The lowest BCUT2D eigenvalue weighted by atomic mass is 10.1. The predicted molar refractivity (Wildman–Crippen MR) is 93.3 cm³/mol. The Morgan fingerprint density at radius 1 is 1.04 bits per heavy atom. The first-order valence-corrected chi connectivity index (χ1v) is 9.33. The third-order valence-electron chi connectivity index (χ3n) is 3.29. The van der Waals surface area contributed by atoms with Gasteiger partial charge in [-0.1, -0.05) is 36.4 Å². The van der Waals surface area contributed by atoms with Gasteiger partial charge in [0.2, 0.25) is 10.0 Å². The Morgan fingerprint density at radius 2 is 1.70 bits per heavy atom. The van der Waals surface area contributed by atoms with Crippen LogP contribution in [0.2, 0.25) is 0 Å². The molecule has 124 valence electrons. The molecule has 0 bridgehead atoms. The Bertz CT molecular complexity index is 718. The average molecular weight is 334 g/mol. The molecule has 1 atom stereocenters. The zero-order valence-corrected chi connectivity index (χ0v) is 14.1. The van der Waals surface area contributed by atoms with Gasteiger partial charge >= 0.3 is 0 Å². The summed E-state index contributed by atoms with van der Waals surface area (Å²) < 4.78 is 31.1. The van der Waals surface area contributed by atoms with Crippen molar-refractivity contribution in [1.29, 1.82) is 0 Å². The van der Waals surface area contributed by atoms with Crippen LogP contribution in [-0.4, -0.2) is 27.8 Å². The summed E-state index contributed by atoms with van der Waals surface area (Å²) in [5.74, 6) is 0.834. The summed E-state index contributed by atoms with van der Waals surface area (Å²) in [6, 6.07) is 17.0. The average Bonchev–Trinajstić information content (AvgIpc) is 2.51. The van der Waals surface area contributed by atoms with Crippen molar-refractivity contribution in [2.45, 2.75) is 13.0 Å². The van der Waals surface area contributed by atoms with Crippen molar-refractivity contribution in [2.24, 2.45) is 0 Å². The summed E-state index contributed by atoms with van der Waals surface area (Å²) in [6.07, 6.45) is 1.15. The quantitative estimate of drug-likeness (QED) is 0.729. The monoisotopic (exact) mass is 334 g/mol. The molecule has 5 nitrogen and oxygen atoms in total. The first-order chi connectivity index (χ1) is 11.0. The topological polar surface area (TPSA) is 67.4 Å². The predicted octanol–water partition coefficient (Wildman–Crippen LogP) is 2.79. The maximum Gasteiger partial charge on any atom is 0.229 e. The van der Waals surface area contributed by atoms with Gasteiger partial charge in [0, 0.05) is 12.6 Å². The number of benzene rings is 2. The molecular formula is C17H22N2O3S. The minimum absolute atomic E-state index is 0.000164. The lowest BCUT2D eigenvalue weighted by Crippen LogP contribution is -2.25. The van der Waals surface area contributed by atoms with Crippen molar-refractivity contribution in [3.05, 3.63) is 60.2 Å². The maximum absolute atomic E-state index is 11.4. The smallest absolute Gasteiger partial charge is 0.229 e. The van der Waals surface area contributed by atoms with Crippen LogP contribution < -0.4 is 14.8 Å². The van der Waals surface area contributed by atoms with Crippen LogP contribution in [0.25, 0.3) is 0 Å². The molecule has 0 unspecified atom stereocenters. The molecule has 0 heterocycles. The van der Waals surface area contributed by atoms with Gasteiger partial charge in [-0.25, -0.2) is 8.42 Å². The number of rotatable bonds is 8. The molecule has 0 radical (unpaired) electrons. The summed E-state index contributed by atoms with van der Waals surface area (Å²) in [5.41, 5.74) is 1.50. The van der Waals surface area contributed by atoms with E-state index in [9.17, 15) is 8.42 Å². The molecule has 2 aromatic carbocycles. The van der Waals surface area contributed by atoms with Gasteiger partial charge < -0.3 is 10.1 Å². The second-order valence-corrected chi connectivity index (χ2v) is 7.05. The number of sulfonamides is 1. The van der Waals surface area contributed by atoms with Gasteiger partial charge in [-0.3, -0.25) is 4.72 Å². The molecule has 23 heavy (non-hydrogen) atoms. The van der Waals surface area contributed by atoms with E-state index in [2.05, 4.69) is 10.0 Å². The first-order valence-electron chi connectivity index (χ1n) is 7.43. The van der Waals surface area contributed by atoms with Gasteiger partial charge in [0.15, 0.2) is 0 Å². The van der Waals surface area contributed by atoms with Crippen LogP contribution in [-0.2, 0) is 10.0 Å². The van der Waals surface area contributed by atoms with Gasteiger partial charge in [0.1, 0.15) is 12.4 Å². The summed E-state index contributed by atoms with van der Waals surface area (Å²) in [4.78, 5) is 0. The fourth-order valence-electron chi connectivity index (χ4n) is 2.24. The van der Waals surface area contributed by atoms with Gasteiger partial charge in [0.05, 0.1) is 11.9 Å². The van der Waals surface area contributed by atoms with Crippen LogP contribution in [0.4, 0.5) is 5.69 Å². The molecule has 2 N–H and O–H groups in total. The number of hydrogen-bond acceptors (Lipinski definition) is 4. The van der Waals surface area contributed by atoms with E-state index in [0.717, 1.165) is 17.6 Å². The molecule has 0 aliphatic rings. The number of hydrogen-bond donors (Lipinski definition) is 2. The number of para-hydroxylation sites is 2. The van der Waals surface area contributed by atoms with Crippen molar-refractivity contribution in [3.63, 3.8) is 0 Å². The molecule has 2 aromatic rings. The number of ether oxygens (including phenoxy) is 1. The Kier molecular flexibility index (Phi) is 6.01. The largest absolute Gasteiger partial charge is 0.492 e. The van der Waals surface area contributed by atoms with Gasteiger partial charge in [-0.15, -0.1) is 0 Å². The van der Waals surface area contributed by atoms with E-state index in [1.54, 1.807) is 6.07 Å². The van der Waals surface area contributed by atoms with E-state index in [1.807, 2.05) is 55.5 Å². The Labute approximate surface area is 137 Å². The number of nitrogens with one attached hydrogen (secondary N) is 2. The van der Waals surface area contributed by atoms with Crippen molar-refractivity contribution in [3.8, 4) is 5.75 Å². The molecule has 0 aliphatic carbocycles. The summed E-state index contributed by atoms with van der Waals surface area (Å²) in [5, 5.41) is 3.34. The first kappa shape index (κ1) is 17.3. The van der Waals surface area contributed by atoms with E-state index in [0.29, 0.717) is 18.8 Å². The van der Waals surface area contributed by atoms with E-state index < -0.39 is 10.0 Å². The van der Waals surface area contributed by atoms with Crippen molar-refractivity contribution in [2.75, 3.05) is 24.1 Å². The SMILES string of the molecule is C[C@H](NCCOc1ccccc1)c1ccccc1NS(C)(=O)=O. The highest BCUT2D eigenvalue weighted by Crippen LogP contribution is 2.23. The van der Waals surface area contributed by atoms with Crippen molar-refractivity contribution >= 4 is 15.7 Å². The molecule has 2 rings (SSSR count). The van der Waals surface area contributed by atoms with Crippen molar-refractivity contribution in [1.82, 2.24) is 5.32 Å². The zero-order valence-electron chi connectivity index (χ0n) is 13.3. The van der Waals surface area contributed by atoms with Crippen LogP contribution in [0.1, 0.15) is 18.5 Å². The highest BCUT2D eigenvalue weighted by molar-refractivity contribution is 7.92. The highest BCUT2D eigenvalue weighted by atomic mass is 32.2. The molecule has 6 heteroatoms. The lowest BCUT2D eigenvalue weighted by Gasteiger charge is -2.18. The second kappa shape index (κ2) is 7.99. The molecule has 0 aliphatic heterocycles. The van der Waals surface area contributed by atoms with Crippen LogP contribution in [0.5, 0.6) is 5.75 Å². The lowest BCUT2D eigenvalue weighted by molar-refractivity contribution is 0.307. The van der Waals surface area contributed by atoms with E-state index in [1.165, 1.54) is 0 Å². The Balaban J connectivity index is 1.89. The molecule has 0 fully saturated rings. The fraction of sp³-hybridized carbons (Fsp3) is 0.294. The van der Waals surface area contributed by atoms with Gasteiger partial charge in [-0.2, -0.15) is 0 Å². The van der Waals surface area contributed by atoms with Crippen LogP contribution in [0.3, 0.4) is 0 Å². The van der Waals surface area contributed by atoms with Crippen LogP contribution in [0, 0.1) is 0 Å². The summed E-state index contributed by atoms with van der Waals surface area (Å²) in [7, 11) is -3.30. The van der Waals surface area contributed by atoms with Gasteiger partial charge in [-0.05, 0) is 30.7 Å². The number of anilines is 1. The molecule has 0 aromatic heterocycles. The van der Waals surface area contributed by atoms with Crippen molar-refractivity contribution < 1.29 is 13.2 Å². The maximum atomic E-state index is 11.4. The third kappa shape index (κ3) is 5.92. The van der Waals surface area contributed by atoms with E-state index >= 15 is 0 Å². The fourth-order valence-corrected chi connectivity index (χ4v) is 2.82. The third-order valence-corrected chi connectivity index (χ3v) is 3.88. The molecule has 0 saturated heterocycles. The van der Waals surface area contributed by atoms with E-state index in [-0.39, 0.29) is 6.04 Å². The molecule has 0 amide bonds. The van der Waals surface area contributed by atoms with Gasteiger partial charge in [0.25, 0.3) is 0 Å². The van der Waals surface area contributed by atoms with Crippen LogP contribution in [0.15, 0.2) is 54.6 Å². The minimum atomic E-state index is -3.30. The standard InChI is InChI=1S/C17H22N2O3S/c1-14(18-12-13-22-15-8-4-3-5-9-15)16-10-6-7-11-17(16)19-23(2,20)21/h3-11,14,18-19H,12-13H2,1-2H3/t14-/m0/s1. The molecule has 0 spiro atoms. The summed E-state index contributed by atoms with van der Waals surface area (Å²) >= 11 is 0. The second-order valence-electron chi connectivity index (χ2n) is 5.30.